The first-order chi connectivity index (χ1) is 10.0. The Morgan fingerprint density at radius 2 is 1.90 bits per heavy atom. The van der Waals surface area contributed by atoms with Crippen LogP contribution in [-0.2, 0) is 13.0 Å². The number of halogens is 3. The first-order valence-electron chi connectivity index (χ1n) is 6.68. The molecule has 2 nitrogen and oxygen atoms in total. The minimum Gasteiger partial charge on any atom is -0.493 e. The minimum absolute atomic E-state index is 0.670. The van der Waals surface area contributed by atoms with Crippen LogP contribution < -0.4 is 10.1 Å². The second kappa shape index (κ2) is 6.19. The average molecular weight is 432 g/mol. The zero-order valence-electron chi connectivity index (χ0n) is 11.5. The number of anilines is 1. The summed E-state index contributed by atoms with van der Waals surface area (Å²) in [5.41, 5.74) is 4.52. The summed E-state index contributed by atoms with van der Waals surface area (Å²) in [6, 6.07) is 8.14. The molecule has 0 radical (unpaired) electrons. The Morgan fingerprint density at radius 3 is 2.62 bits per heavy atom. The van der Waals surface area contributed by atoms with E-state index in [0.29, 0.717) is 6.54 Å². The van der Waals surface area contributed by atoms with E-state index in [-0.39, 0.29) is 0 Å². The van der Waals surface area contributed by atoms with Gasteiger partial charge in [-0.15, -0.1) is 0 Å². The van der Waals surface area contributed by atoms with Crippen molar-refractivity contribution in [3.63, 3.8) is 0 Å². The molecular weight excluding hydrogens is 417 g/mol. The molecular formula is C16H14Br2ClNO. The summed E-state index contributed by atoms with van der Waals surface area (Å²) in [4.78, 5) is 0. The first kappa shape index (κ1) is 15.2. The van der Waals surface area contributed by atoms with Crippen LogP contribution in [0.15, 0.2) is 33.2 Å². The van der Waals surface area contributed by atoms with Gasteiger partial charge in [0.1, 0.15) is 5.75 Å². The Hall–Kier alpha value is -0.710. The lowest BCUT2D eigenvalue weighted by atomic mass is 10.1. The molecule has 0 saturated carbocycles. The van der Waals surface area contributed by atoms with Crippen LogP contribution >= 0.6 is 43.5 Å². The fourth-order valence-electron chi connectivity index (χ4n) is 2.53. The van der Waals surface area contributed by atoms with Crippen molar-refractivity contribution >= 4 is 49.1 Å². The van der Waals surface area contributed by atoms with Gasteiger partial charge in [0, 0.05) is 32.5 Å². The SMILES string of the molecule is Cc1cc(Br)c(NCc2cc(Cl)cc3c2OCC3)c(Br)c1. The van der Waals surface area contributed by atoms with E-state index >= 15 is 0 Å². The van der Waals surface area contributed by atoms with E-state index in [9.17, 15) is 0 Å². The van der Waals surface area contributed by atoms with E-state index in [2.05, 4.69) is 56.2 Å². The Morgan fingerprint density at radius 1 is 1.19 bits per heavy atom. The highest BCUT2D eigenvalue weighted by atomic mass is 79.9. The van der Waals surface area contributed by atoms with Crippen LogP contribution in [0.1, 0.15) is 16.7 Å². The number of fused-ring (bicyclic) bond motifs is 1. The zero-order valence-corrected chi connectivity index (χ0v) is 15.4. The van der Waals surface area contributed by atoms with Crippen LogP contribution in [-0.4, -0.2) is 6.61 Å². The maximum atomic E-state index is 6.19. The van der Waals surface area contributed by atoms with Crippen molar-refractivity contribution in [3.05, 3.63) is 54.9 Å². The smallest absolute Gasteiger partial charge is 0.127 e. The van der Waals surface area contributed by atoms with Crippen molar-refractivity contribution in [1.29, 1.82) is 0 Å². The van der Waals surface area contributed by atoms with E-state index in [1.165, 1.54) is 11.1 Å². The van der Waals surface area contributed by atoms with Gasteiger partial charge >= 0.3 is 0 Å². The molecule has 1 N–H and O–H groups in total. The number of rotatable bonds is 3. The molecule has 0 atom stereocenters. The van der Waals surface area contributed by atoms with Gasteiger partial charge in [0.25, 0.3) is 0 Å². The summed E-state index contributed by atoms with van der Waals surface area (Å²) in [6.45, 7) is 3.47. The molecule has 1 aliphatic rings. The summed E-state index contributed by atoms with van der Waals surface area (Å²) in [7, 11) is 0. The Labute approximate surface area is 146 Å². The predicted octanol–water partition coefficient (Wildman–Crippen LogP) is 5.72. The minimum atomic E-state index is 0.670. The molecule has 3 rings (SSSR count). The molecule has 1 aliphatic heterocycles. The van der Waals surface area contributed by atoms with E-state index in [1.54, 1.807) is 0 Å². The molecule has 2 aromatic carbocycles. The predicted molar refractivity (Wildman–Crippen MR) is 94.6 cm³/mol. The van der Waals surface area contributed by atoms with E-state index in [1.807, 2.05) is 12.1 Å². The van der Waals surface area contributed by atoms with Crippen molar-refractivity contribution in [3.8, 4) is 5.75 Å². The summed E-state index contributed by atoms with van der Waals surface area (Å²) in [6.07, 6.45) is 0.931. The molecule has 0 spiro atoms. The third-order valence-electron chi connectivity index (χ3n) is 3.47. The Balaban J connectivity index is 1.86. The molecule has 0 aromatic heterocycles. The number of nitrogens with one attached hydrogen (secondary N) is 1. The maximum Gasteiger partial charge on any atom is 0.127 e. The molecule has 0 aliphatic carbocycles. The fourth-order valence-corrected chi connectivity index (χ4v) is 4.49. The topological polar surface area (TPSA) is 21.3 Å². The van der Waals surface area contributed by atoms with Crippen molar-refractivity contribution in [2.45, 2.75) is 19.9 Å². The molecule has 0 saturated heterocycles. The van der Waals surface area contributed by atoms with Gasteiger partial charge < -0.3 is 10.1 Å². The van der Waals surface area contributed by atoms with Gasteiger partial charge in [-0.1, -0.05) is 11.6 Å². The van der Waals surface area contributed by atoms with Crippen molar-refractivity contribution in [2.75, 3.05) is 11.9 Å². The van der Waals surface area contributed by atoms with E-state index < -0.39 is 0 Å². The molecule has 5 heteroatoms. The van der Waals surface area contributed by atoms with E-state index in [0.717, 1.165) is 44.0 Å². The number of benzene rings is 2. The van der Waals surface area contributed by atoms with Crippen LogP contribution in [0.25, 0.3) is 0 Å². The third-order valence-corrected chi connectivity index (χ3v) is 4.94. The molecule has 0 fully saturated rings. The van der Waals surface area contributed by atoms with Crippen LogP contribution in [0.5, 0.6) is 5.75 Å². The molecule has 21 heavy (non-hydrogen) atoms. The van der Waals surface area contributed by atoms with Crippen LogP contribution in [0.2, 0.25) is 5.02 Å². The zero-order chi connectivity index (χ0) is 15.0. The molecule has 0 unspecified atom stereocenters. The lowest BCUT2D eigenvalue weighted by Crippen LogP contribution is -2.03. The lowest BCUT2D eigenvalue weighted by molar-refractivity contribution is 0.354. The highest BCUT2D eigenvalue weighted by Crippen LogP contribution is 2.36. The van der Waals surface area contributed by atoms with E-state index in [4.69, 9.17) is 16.3 Å². The van der Waals surface area contributed by atoms with Gasteiger partial charge in [0.2, 0.25) is 0 Å². The second-order valence-electron chi connectivity index (χ2n) is 5.11. The second-order valence-corrected chi connectivity index (χ2v) is 7.25. The fraction of sp³-hybridized carbons (Fsp3) is 0.250. The number of ether oxygens (including phenoxy) is 1. The summed E-state index contributed by atoms with van der Waals surface area (Å²) < 4.78 is 7.80. The Kier molecular flexibility index (Phi) is 4.48. The van der Waals surface area contributed by atoms with Gasteiger partial charge in [-0.3, -0.25) is 0 Å². The van der Waals surface area contributed by atoms with Crippen molar-refractivity contribution < 1.29 is 4.74 Å². The summed E-state index contributed by atoms with van der Waals surface area (Å²) in [5.74, 6) is 0.978. The highest BCUT2D eigenvalue weighted by Gasteiger charge is 2.18. The number of hydrogen-bond donors (Lipinski definition) is 1. The van der Waals surface area contributed by atoms with Gasteiger partial charge in [0.05, 0.1) is 12.3 Å². The molecule has 2 aromatic rings. The van der Waals surface area contributed by atoms with Crippen LogP contribution in [0.3, 0.4) is 0 Å². The average Bonchev–Trinajstić information content (AvgIpc) is 2.85. The summed E-state index contributed by atoms with van der Waals surface area (Å²) >= 11 is 13.4. The molecule has 0 amide bonds. The normalized spacial score (nSPS) is 13.0. The number of hydrogen-bond acceptors (Lipinski definition) is 2. The lowest BCUT2D eigenvalue weighted by Gasteiger charge is -2.14. The van der Waals surface area contributed by atoms with Crippen LogP contribution in [0.4, 0.5) is 5.69 Å². The van der Waals surface area contributed by atoms with Gasteiger partial charge in [-0.2, -0.15) is 0 Å². The van der Waals surface area contributed by atoms with Gasteiger partial charge in [-0.05, 0) is 74.2 Å². The third kappa shape index (κ3) is 3.22. The summed E-state index contributed by atoms with van der Waals surface area (Å²) in [5, 5.41) is 4.21. The quantitative estimate of drug-likeness (QED) is 0.671. The standard InChI is InChI=1S/C16H14Br2ClNO/c1-9-4-13(17)15(14(18)5-9)20-8-11-7-12(19)6-10-2-3-21-16(10)11/h4-7,20H,2-3,8H2,1H3. The van der Waals surface area contributed by atoms with Crippen molar-refractivity contribution in [1.82, 2.24) is 0 Å². The monoisotopic (exact) mass is 429 g/mol. The molecule has 1 heterocycles. The molecule has 110 valence electrons. The molecule has 0 bridgehead atoms. The Bertz CT molecular complexity index is 680. The first-order valence-corrected chi connectivity index (χ1v) is 8.64. The largest absolute Gasteiger partial charge is 0.493 e. The van der Waals surface area contributed by atoms with Gasteiger partial charge in [-0.25, -0.2) is 0 Å². The number of aryl methyl sites for hydroxylation is 1. The highest BCUT2D eigenvalue weighted by molar-refractivity contribution is 9.11. The maximum absolute atomic E-state index is 6.19. The van der Waals surface area contributed by atoms with Crippen LogP contribution in [0, 0.1) is 6.92 Å². The van der Waals surface area contributed by atoms with Crippen molar-refractivity contribution in [2.24, 2.45) is 0 Å². The van der Waals surface area contributed by atoms with Gasteiger partial charge in [0.15, 0.2) is 0 Å².